The van der Waals surface area contributed by atoms with Crippen LogP contribution in [0.3, 0.4) is 0 Å². The number of anilines is 1. The fourth-order valence-electron chi connectivity index (χ4n) is 2.96. The molecule has 1 N–H and O–H groups in total. The number of nitrogens with zero attached hydrogens (tertiary/aromatic N) is 1. The smallest absolute Gasteiger partial charge is 0.308 e. The monoisotopic (exact) mass is 416 g/mol. The van der Waals surface area contributed by atoms with Crippen molar-refractivity contribution in [3.63, 3.8) is 0 Å². The van der Waals surface area contributed by atoms with Crippen LogP contribution in [0, 0.1) is 18.6 Å². The van der Waals surface area contributed by atoms with Crippen molar-refractivity contribution in [3.05, 3.63) is 64.7 Å². The van der Waals surface area contributed by atoms with Crippen molar-refractivity contribution < 1.29 is 32.7 Å². The molecule has 0 aliphatic carbocycles. The number of hydrogen-bond donors (Lipinski definition) is 1. The first-order chi connectivity index (χ1) is 14.2. The molecule has 3 rings (SSSR count). The molecule has 1 atom stereocenters. The van der Waals surface area contributed by atoms with Crippen molar-refractivity contribution in [2.75, 3.05) is 11.9 Å². The van der Waals surface area contributed by atoms with Crippen LogP contribution in [0.4, 0.5) is 14.5 Å². The number of ether oxygens (including phenoxy) is 1. The SMILES string of the molecule is Cc1ccc2c(c1)C(=O)N(CCC(=O)OC(C)C(=O)Nc1c(F)cccc1F)C2=O. The number of hydrogen-bond acceptors (Lipinski definition) is 5. The van der Waals surface area contributed by atoms with Crippen LogP contribution >= 0.6 is 0 Å². The highest BCUT2D eigenvalue weighted by Gasteiger charge is 2.35. The predicted molar refractivity (Wildman–Crippen MR) is 102 cm³/mol. The van der Waals surface area contributed by atoms with Crippen molar-refractivity contribution in [3.8, 4) is 0 Å². The second-order valence-corrected chi connectivity index (χ2v) is 6.78. The van der Waals surface area contributed by atoms with Crippen LogP contribution in [-0.4, -0.2) is 41.2 Å². The normalized spacial score (nSPS) is 13.8. The molecule has 0 bridgehead atoms. The number of nitrogens with one attached hydrogen (secondary N) is 1. The zero-order chi connectivity index (χ0) is 22.0. The number of halogens is 2. The number of carbonyl (C=O) groups is 4. The lowest BCUT2D eigenvalue weighted by Gasteiger charge is -2.16. The highest BCUT2D eigenvalue weighted by Crippen LogP contribution is 2.24. The average Bonchev–Trinajstić information content (AvgIpc) is 2.92. The maximum Gasteiger partial charge on any atom is 0.308 e. The minimum absolute atomic E-state index is 0.222. The van der Waals surface area contributed by atoms with Gasteiger partial charge in [-0.15, -0.1) is 0 Å². The van der Waals surface area contributed by atoms with Gasteiger partial charge in [-0.1, -0.05) is 17.7 Å². The number of imide groups is 1. The molecule has 0 fully saturated rings. The second-order valence-electron chi connectivity index (χ2n) is 6.78. The lowest BCUT2D eigenvalue weighted by Crippen LogP contribution is -2.34. The van der Waals surface area contributed by atoms with Gasteiger partial charge in [-0.25, -0.2) is 8.78 Å². The van der Waals surface area contributed by atoms with E-state index in [2.05, 4.69) is 0 Å². The largest absolute Gasteiger partial charge is 0.452 e. The van der Waals surface area contributed by atoms with Gasteiger partial charge in [0.1, 0.15) is 17.3 Å². The summed E-state index contributed by atoms with van der Waals surface area (Å²) in [5.74, 6) is -4.73. The van der Waals surface area contributed by atoms with Crippen LogP contribution in [0.25, 0.3) is 0 Å². The topological polar surface area (TPSA) is 92.8 Å². The summed E-state index contributed by atoms with van der Waals surface area (Å²) in [5, 5.41) is 2.03. The van der Waals surface area contributed by atoms with Crippen LogP contribution in [-0.2, 0) is 14.3 Å². The Kier molecular flexibility index (Phi) is 5.91. The molecular weight excluding hydrogens is 398 g/mol. The molecule has 0 spiro atoms. The summed E-state index contributed by atoms with van der Waals surface area (Å²) in [6.07, 6.45) is -1.68. The van der Waals surface area contributed by atoms with Gasteiger partial charge in [-0.3, -0.25) is 24.1 Å². The Bertz CT molecular complexity index is 1030. The van der Waals surface area contributed by atoms with Gasteiger partial charge in [0.25, 0.3) is 17.7 Å². The fourth-order valence-corrected chi connectivity index (χ4v) is 2.96. The summed E-state index contributed by atoms with van der Waals surface area (Å²) in [4.78, 5) is 49.8. The van der Waals surface area contributed by atoms with E-state index in [-0.39, 0.29) is 24.1 Å². The first-order valence-electron chi connectivity index (χ1n) is 9.10. The zero-order valence-corrected chi connectivity index (χ0v) is 16.2. The van der Waals surface area contributed by atoms with Gasteiger partial charge in [0.05, 0.1) is 17.5 Å². The molecule has 30 heavy (non-hydrogen) atoms. The van der Waals surface area contributed by atoms with Crippen molar-refractivity contribution in [1.29, 1.82) is 0 Å². The molecule has 1 unspecified atom stereocenters. The Hall–Kier alpha value is -3.62. The minimum Gasteiger partial charge on any atom is -0.452 e. The number of para-hydroxylation sites is 1. The molecule has 3 amide bonds. The summed E-state index contributed by atoms with van der Waals surface area (Å²) in [5.41, 5.74) is 0.709. The van der Waals surface area contributed by atoms with Crippen molar-refractivity contribution in [2.24, 2.45) is 0 Å². The van der Waals surface area contributed by atoms with Crippen LogP contribution in [0.15, 0.2) is 36.4 Å². The zero-order valence-electron chi connectivity index (χ0n) is 16.2. The van der Waals surface area contributed by atoms with Gasteiger partial charge in [0.2, 0.25) is 0 Å². The summed E-state index contributed by atoms with van der Waals surface area (Å²) in [7, 11) is 0. The van der Waals surface area contributed by atoms with E-state index in [1.807, 2.05) is 5.32 Å². The fraction of sp³-hybridized carbons (Fsp3) is 0.238. The highest BCUT2D eigenvalue weighted by molar-refractivity contribution is 6.21. The first kappa shape index (κ1) is 21.1. The van der Waals surface area contributed by atoms with Crippen molar-refractivity contribution in [1.82, 2.24) is 4.90 Å². The van der Waals surface area contributed by atoms with Gasteiger partial charge < -0.3 is 10.1 Å². The third-order valence-electron chi connectivity index (χ3n) is 4.55. The summed E-state index contributed by atoms with van der Waals surface area (Å²) < 4.78 is 32.2. The Balaban J connectivity index is 1.55. The molecule has 7 nitrogen and oxygen atoms in total. The van der Waals surface area contributed by atoms with Gasteiger partial charge in [0, 0.05) is 6.54 Å². The van der Waals surface area contributed by atoms with Crippen LogP contribution in [0.2, 0.25) is 0 Å². The van der Waals surface area contributed by atoms with Crippen LogP contribution in [0.1, 0.15) is 39.6 Å². The van der Waals surface area contributed by atoms with Gasteiger partial charge >= 0.3 is 5.97 Å². The van der Waals surface area contributed by atoms with Crippen LogP contribution in [0.5, 0.6) is 0 Å². The molecule has 1 heterocycles. The molecule has 0 saturated heterocycles. The lowest BCUT2D eigenvalue weighted by molar-refractivity contribution is -0.153. The number of esters is 1. The maximum absolute atomic E-state index is 13.6. The molecule has 156 valence electrons. The molecule has 1 aliphatic rings. The standard InChI is InChI=1S/C21H18F2N2O5/c1-11-6-7-13-14(10-11)21(29)25(20(13)28)9-8-17(26)30-12(2)19(27)24-18-15(22)4-3-5-16(18)23/h3-7,10,12H,8-9H2,1-2H3,(H,24,27). The highest BCUT2D eigenvalue weighted by atomic mass is 19.1. The van der Waals surface area contributed by atoms with E-state index in [9.17, 15) is 28.0 Å². The van der Waals surface area contributed by atoms with E-state index in [0.717, 1.165) is 28.7 Å². The number of amides is 3. The second kappa shape index (κ2) is 8.40. The van der Waals surface area contributed by atoms with Gasteiger partial charge in [-0.2, -0.15) is 0 Å². The summed E-state index contributed by atoms with van der Waals surface area (Å²) in [6, 6.07) is 7.95. The Labute approximate surface area is 170 Å². The van der Waals surface area contributed by atoms with Crippen LogP contribution < -0.4 is 5.32 Å². The Morgan fingerprint density at radius 2 is 1.70 bits per heavy atom. The third kappa shape index (κ3) is 4.19. The molecule has 0 aromatic heterocycles. The molecule has 1 aliphatic heterocycles. The molecule has 2 aromatic rings. The minimum atomic E-state index is -1.35. The van der Waals surface area contributed by atoms with E-state index in [1.54, 1.807) is 25.1 Å². The third-order valence-corrected chi connectivity index (χ3v) is 4.55. The summed E-state index contributed by atoms with van der Waals surface area (Å²) in [6.45, 7) is 2.80. The molecular formula is C21H18F2N2O5. The van der Waals surface area contributed by atoms with E-state index < -0.39 is 47.1 Å². The number of carbonyl (C=O) groups excluding carboxylic acids is 4. The predicted octanol–water partition coefficient (Wildman–Crippen LogP) is 2.83. The van der Waals surface area contributed by atoms with Gasteiger partial charge in [0.15, 0.2) is 6.10 Å². The molecule has 2 aromatic carbocycles. The van der Waals surface area contributed by atoms with E-state index in [4.69, 9.17) is 4.74 Å². The van der Waals surface area contributed by atoms with Gasteiger partial charge in [-0.05, 0) is 38.1 Å². The molecule has 0 radical (unpaired) electrons. The van der Waals surface area contributed by atoms with E-state index in [0.29, 0.717) is 0 Å². The first-order valence-corrected chi connectivity index (χ1v) is 9.10. The lowest BCUT2D eigenvalue weighted by atomic mass is 10.1. The summed E-state index contributed by atoms with van der Waals surface area (Å²) >= 11 is 0. The Morgan fingerprint density at radius 3 is 2.37 bits per heavy atom. The number of fused-ring (bicyclic) bond motifs is 1. The van der Waals surface area contributed by atoms with Crippen molar-refractivity contribution >= 4 is 29.4 Å². The number of rotatable bonds is 6. The van der Waals surface area contributed by atoms with E-state index >= 15 is 0 Å². The molecule has 9 heteroatoms. The molecule has 0 saturated carbocycles. The Morgan fingerprint density at radius 1 is 1.07 bits per heavy atom. The number of benzene rings is 2. The average molecular weight is 416 g/mol. The van der Waals surface area contributed by atoms with Crippen molar-refractivity contribution in [2.45, 2.75) is 26.4 Å². The number of aryl methyl sites for hydroxylation is 1. The van der Waals surface area contributed by atoms with E-state index in [1.165, 1.54) is 6.92 Å². The maximum atomic E-state index is 13.6. The quantitative estimate of drug-likeness (QED) is 0.578.